The van der Waals surface area contributed by atoms with Crippen molar-refractivity contribution in [3.63, 3.8) is 0 Å². The second-order valence-electron chi connectivity index (χ2n) is 6.06. The number of benzene rings is 2. The summed E-state index contributed by atoms with van der Waals surface area (Å²) in [5.41, 5.74) is 2.15. The number of hydrazine groups is 1. The molecule has 1 aliphatic heterocycles. The zero-order valence-electron chi connectivity index (χ0n) is 13.7. The average molecular weight is 364 g/mol. The molecular weight excluding hydrogens is 353 g/mol. The van der Waals surface area contributed by atoms with Crippen LogP contribution < -0.4 is 10.0 Å². The first kappa shape index (κ1) is 15.5. The molecule has 8 nitrogen and oxygen atoms in total. The van der Waals surface area contributed by atoms with Crippen LogP contribution in [0.3, 0.4) is 0 Å². The molecule has 3 aromatic rings. The molecule has 2 aromatic carbocycles. The first-order chi connectivity index (χ1) is 13.1. The van der Waals surface area contributed by atoms with Gasteiger partial charge >= 0.3 is 0 Å². The molecule has 5 rings (SSSR count). The smallest absolute Gasteiger partial charge is 0.274 e. The Balaban J connectivity index is 1.74. The van der Waals surface area contributed by atoms with E-state index in [4.69, 9.17) is 4.63 Å². The lowest BCUT2D eigenvalue weighted by Gasteiger charge is -2.36. The van der Waals surface area contributed by atoms with E-state index < -0.39 is 5.82 Å². The molecule has 0 radical (unpaired) electrons. The number of aromatic nitrogens is 2. The van der Waals surface area contributed by atoms with Crippen LogP contribution in [0.2, 0.25) is 0 Å². The SMILES string of the molecule is [O-]N1C2=C(c3ccccc3)Cc3c(no[n+]3[O-])C2=NN1c1ccccc1F. The highest BCUT2D eigenvalue weighted by Gasteiger charge is 2.41. The number of allylic oxidation sites excluding steroid dienone is 2. The predicted octanol–water partition coefficient (Wildman–Crippen LogP) is 2.35. The fraction of sp³-hybridized carbons (Fsp3) is 0.0556. The van der Waals surface area contributed by atoms with Gasteiger partial charge in [0.05, 0.1) is 5.70 Å². The Hall–Kier alpha value is -3.72. The number of hydrazone groups is 1. The molecule has 0 bridgehead atoms. The quantitative estimate of drug-likeness (QED) is 0.648. The van der Waals surface area contributed by atoms with Gasteiger partial charge < -0.3 is 15.6 Å². The highest BCUT2D eigenvalue weighted by atomic mass is 19.1. The van der Waals surface area contributed by atoms with E-state index in [0.717, 1.165) is 10.7 Å². The van der Waals surface area contributed by atoms with E-state index in [2.05, 4.69) is 10.3 Å². The summed E-state index contributed by atoms with van der Waals surface area (Å²) in [5.74, 6) is -0.595. The van der Waals surface area contributed by atoms with Gasteiger partial charge in [0, 0.05) is 11.6 Å². The normalized spacial score (nSPS) is 15.7. The minimum Gasteiger partial charge on any atom is -0.737 e. The number of para-hydroxylation sites is 1. The second kappa shape index (κ2) is 5.64. The lowest BCUT2D eigenvalue weighted by atomic mass is 9.90. The maximum absolute atomic E-state index is 14.2. The summed E-state index contributed by atoms with van der Waals surface area (Å²) in [4.78, 5) is 0.304. The van der Waals surface area contributed by atoms with E-state index in [0.29, 0.717) is 15.6 Å². The first-order valence-corrected chi connectivity index (χ1v) is 8.13. The maximum Gasteiger partial charge on any atom is 0.274 e. The van der Waals surface area contributed by atoms with Crippen molar-refractivity contribution < 1.29 is 13.9 Å². The number of anilines is 1. The van der Waals surface area contributed by atoms with Gasteiger partial charge in [0.2, 0.25) is 5.69 Å². The van der Waals surface area contributed by atoms with Gasteiger partial charge in [0.25, 0.3) is 5.69 Å². The Labute approximate surface area is 152 Å². The summed E-state index contributed by atoms with van der Waals surface area (Å²) in [6, 6.07) is 15.0. The molecule has 0 amide bonds. The van der Waals surface area contributed by atoms with Crippen LogP contribution >= 0.6 is 0 Å². The molecule has 134 valence electrons. The molecule has 2 heterocycles. The molecule has 2 aliphatic rings. The fourth-order valence-corrected chi connectivity index (χ4v) is 3.28. The van der Waals surface area contributed by atoms with E-state index in [1.807, 2.05) is 30.3 Å². The molecule has 0 saturated heterocycles. The Morgan fingerprint density at radius 1 is 1.07 bits per heavy atom. The summed E-state index contributed by atoms with van der Waals surface area (Å²) in [6.07, 6.45) is 0.143. The van der Waals surface area contributed by atoms with Crippen molar-refractivity contribution >= 4 is 17.0 Å². The molecule has 0 atom stereocenters. The number of halogens is 1. The number of hydrogen-bond donors (Lipinski definition) is 0. The molecule has 0 spiro atoms. The average Bonchev–Trinajstić information content (AvgIpc) is 3.23. The number of rotatable bonds is 2. The topological polar surface area (TPSA) is 94.9 Å². The van der Waals surface area contributed by atoms with Crippen molar-refractivity contribution in [1.82, 2.24) is 10.3 Å². The molecule has 9 heteroatoms. The molecule has 0 N–H and O–H groups in total. The van der Waals surface area contributed by atoms with Crippen molar-refractivity contribution in [2.24, 2.45) is 5.10 Å². The third-order valence-corrected chi connectivity index (χ3v) is 4.53. The zero-order valence-corrected chi connectivity index (χ0v) is 13.7. The highest BCUT2D eigenvalue weighted by Crippen LogP contribution is 2.38. The molecule has 0 unspecified atom stereocenters. The number of hydroxylamine groups is 1. The highest BCUT2D eigenvalue weighted by molar-refractivity contribution is 6.19. The van der Waals surface area contributed by atoms with Crippen molar-refractivity contribution in [3.05, 3.63) is 93.5 Å². The van der Waals surface area contributed by atoms with Crippen LogP contribution in [0.1, 0.15) is 17.0 Å². The Morgan fingerprint density at radius 2 is 1.81 bits per heavy atom. The van der Waals surface area contributed by atoms with Gasteiger partial charge in [0.15, 0.2) is 11.5 Å². The maximum atomic E-state index is 14.2. The molecule has 27 heavy (non-hydrogen) atoms. The summed E-state index contributed by atoms with van der Waals surface area (Å²) < 4.78 is 18.9. The third-order valence-electron chi connectivity index (χ3n) is 4.53. The second-order valence-corrected chi connectivity index (χ2v) is 6.06. The minimum atomic E-state index is -0.595. The van der Waals surface area contributed by atoms with Crippen LogP contribution in [-0.2, 0) is 6.42 Å². The van der Waals surface area contributed by atoms with Crippen LogP contribution in [0.5, 0.6) is 0 Å². The van der Waals surface area contributed by atoms with Crippen molar-refractivity contribution in [2.75, 3.05) is 5.12 Å². The Morgan fingerprint density at radius 3 is 2.59 bits per heavy atom. The van der Waals surface area contributed by atoms with Gasteiger partial charge in [-0.3, -0.25) is 4.63 Å². The van der Waals surface area contributed by atoms with Crippen LogP contribution in [0.4, 0.5) is 10.1 Å². The van der Waals surface area contributed by atoms with Gasteiger partial charge in [0.1, 0.15) is 5.69 Å². The molecule has 0 saturated carbocycles. The van der Waals surface area contributed by atoms with Crippen LogP contribution in [-0.4, -0.2) is 16.0 Å². The Bertz CT molecular complexity index is 1110. The van der Waals surface area contributed by atoms with Crippen LogP contribution in [0, 0.1) is 16.2 Å². The van der Waals surface area contributed by atoms with Gasteiger partial charge in [-0.15, -0.1) is 5.10 Å². The van der Waals surface area contributed by atoms with Gasteiger partial charge in [-0.05, 0) is 28.2 Å². The summed E-state index contributed by atoms with van der Waals surface area (Å²) in [5, 5.41) is 34.4. The van der Waals surface area contributed by atoms with Crippen LogP contribution in [0.25, 0.3) is 5.57 Å². The van der Waals surface area contributed by atoms with Gasteiger partial charge in [-0.1, -0.05) is 42.5 Å². The van der Waals surface area contributed by atoms with Gasteiger partial charge in [-0.2, -0.15) is 5.12 Å². The molecular formula is C18H11FN5O3-. The van der Waals surface area contributed by atoms with Crippen molar-refractivity contribution in [1.29, 1.82) is 0 Å². The minimum absolute atomic E-state index is 0.00523. The monoisotopic (exact) mass is 364 g/mol. The first-order valence-electron chi connectivity index (χ1n) is 8.13. The van der Waals surface area contributed by atoms with E-state index in [1.54, 1.807) is 6.07 Å². The standard InChI is InChI=1S/C18H11FN5O3/c19-13-8-4-5-9-14(13)22-20-17-16-15(24(26)27-21-16)10-12(18(17)23(22)25)11-6-2-1-3-7-11/h1-9H,10H2/q-1. The van der Waals surface area contributed by atoms with E-state index in [-0.39, 0.29) is 34.9 Å². The molecule has 1 aromatic heterocycles. The molecule has 0 fully saturated rings. The fourth-order valence-electron chi connectivity index (χ4n) is 3.28. The third kappa shape index (κ3) is 2.22. The van der Waals surface area contributed by atoms with E-state index in [9.17, 15) is 14.8 Å². The van der Waals surface area contributed by atoms with Crippen molar-refractivity contribution in [3.8, 4) is 0 Å². The number of fused-ring (bicyclic) bond motifs is 3. The van der Waals surface area contributed by atoms with E-state index in [1.165, 1.54) is 18.2 Å². The van der Waals surface area contributed by atoms with E-state index >= 15 is 0 Å². The van der Waals surface area contributed by atoms with Crippen molar-refractivity contribution in [2.45, 2.75) is 6.42 Å². The summed E-state index contributed by atoms with van der Waals surface area (Å²) >= 11 is 0. The number of hydrogen-bond acceptors (Lipinski definition) is 7. The summed E-state index contributed by atoms with van der Waals surface area (Å²) in [6.45, 7) is 0. The largest absolute Gasteiger partial charge is 0.737 e. The van der Waals surface area contributed by atoms with Gasteiger partial charge in [-0.25, -0.2) is 4.39 Å². The summed E-state index contributed by atoms with van der Waals surface area (Å²) in [7, 11) is 0. The lowest BCUT2D eigenvalue weighted by Crippen LogP contribution is -2.34. The zero-order chi connectivity index (χ0) is 18.5. The van der Waals surface area contributed by atoms with Crippen LogP contribution in [0.15, 0.2) is 70.0 Å². The predicted molar refractivity (Wildman–Crippen MR) is 93.2 cm³/mol. The number of nitrogens with zero attached hydrogens (tertiary/aromatic N) is 5. The Kier molecular flexibility index (Phi) is 3.25. The lowest BCUT2D eigenvalue weighted by molar-refractivity contribution is -0.807. The molecule has 1 aliphatic carbocycles.